The van der Waals surface area contributed by atoms with E-state index >= 15 is 0 Å². The lowest BCUT2D eigenvalue weighted by molar-refractivity contribution is 0.629. The number of rotatable bonds is 1. The van der Waals surface area contributed by atoms with Gasteiger partial charge < -0.3 is 5.73 Å². The average Bonchev–Trinajstić information content (AvgIpc) is 2.13. The monoisotopic (exact) mass is 229 g/mol. The van der Waals surface area contributed by atoms with Gasteiger partial charge in [0.05, 0.1) is 0 Å². The smallest absolute Gasteiger partial charge is 0.131 e. The highest BCUT2D eigenvalue weighted by molar-refractivity contribution is 5.72. The second-order valence-corrected chi connectivity index (χ2v) is 4.57. The van der Waals surface area contributed by atoms with E-state index in [-0.39, 0.29) is 5.82 Å². The molecule has 1 nitrogen and oxygen atoms in total. The molecule has 0 aromatic heterocycles. The number of aryl methyl sites for hydroxylation is 3. The fourth-order valence-corrected chi connectivity index (χ4v) is 2.24. The maximum absolute atomic E-state index is 14.0. The zero-order chi connectivity index (χ0) is 12.6. The highest BCUT2D eigenvalue weighted by Gasteiger charge is 2.10. The summed E-state index contributed by atoms with van der Waals surface area (Å²) in [6.07, 6.45) is 0. The van der Waals surface area contributed by atoms with Crippen LogP contribution in [0.5, 0.6) is 0 Å². The molecule has 0 aliphatic rings. The molecule has 2 aromatic carbocycles. The SMILES string of the molecule is Cc1cc(N)cc(-c2c(C)cc(C)cc2F)c1. The van der Waals surface area contributed by atoms with Gasteiger partial charge in [-0.3, -0.25) is 0 Å². The van der Waals surface area contributed by atoms with Gasteiger partial charge in [-0.1, -0.05) is 12.1 Å². The third kappa shape index (κ3) is 2.31. The highest BCUT2D eigenvalue weighted by atomic mass is 19.1. The number of hydrogen-bond acceptors (Lipinski definition) is 1. The number of nitrogens with two attached hydrogens (primary N) is 1. The maximum atomic E-state index is 14.0. The van der Waals surface area contributed by atoms with E-state index in [4.69, 9.17) is 5.73 Å². The van der Waals surface area contributed by atoms with Gasteiger partial charge >= 0.3 is 0 Å². The lowest BCUT2D eigenvalue weighted by atomic mass is 9.96. The van der Waals surface area contributed by atoms with E-state index in [2.05, 4.69) is 0 Å². The Morgan fingerprint density at radius 1 is 0.882 bits per heavy atom. The summed E-state index contributed by atoms with van der Waals surface area (Å²) in [5.41, 5.74) is 10.9. The van der Waals surface area contributed by atoms with E-state index in [0.717, 1.165) is 22.3 Å². The molecule has 2 aromatic rings. The van der Waals surface area contributed by atoms with Crippen LogP contribution >= 0.6 is 0 Å². The van der Waals surface area contributed by atoms with Crippen LogP contribution in [-0.4, -0.2) is 0 Å². The Bertz CT molecular complexity index is 530. The second kappa shape index (κ2) is 4.21. The summed E-state index contributed by atoms with van der Waals surface area (Å²) < 4.78 is 14.0. The third-order valence-electron chi connectivity index (χ3n) is 2.82. The van der Waals surface area contributed by atoms with Crippen molar-refractivity contribution in [2.75, 3.05) is 5.73 Å². The summed E-state index contributed by atoms with van der Waals surface area (Å²) in [7, 11) is 0. The largest absolute Gasteiger partial charge is 0.399 e. The fraction of sp³-hybridized carbons (Fsp3) is 0.200. The van der Waals surface area contributed by atoms with E-state index in [1.807, 2.05) is 45.0 Å². The zero-order valence-electron chi connectivity index (χ0n) is 10.3. The van der Waals surface area contributed by atoms with E-state index in [0.29, 0.717) is 11.3 Å². The molecule has 2 heteroatoms. The fourth-order valence-electron chi connectivity index (χ4n) is 2.24. The predicted octanol–water partition coefficient (Wildman–Crippen LogP) is 4.00. The van der Waals surface area contributed by atoms with Gasteiger partial charge in [0.2, 0.25) is 0 Å². The molecule has 88 valence electrons. The zero-order valence-corrected chi connectivity index (χ0v) is 10.3. The molecule has 0 heterocycles. The molecule has 0 fully saturated rings. The minimum atomic E-state index is -0.187. The number of halogens is 1. The Morgan fingerprint density at radius 2 is 1.53 bits per heavy atom. The van der Waals surface area contributed by atoms with Crippen LogP contribution in [0, 0.1) is 26.6 Å². The molecule has 0 radical (unpaired) electrons. The molecule has 2 N–H and O–H groups in total. The van der Waals surface area contributed by atoms with Crippen molar-refractivity contribution in [2.45, 2.75) is 20.8 Å². The van der Waals surface area contributed by atoms with Crippen molar-refractivity contribution < 1.29 is 4.39 Å². The Hall–Kier alpha value is -1.83. The van der Waals surface area contributed by atoms with Crippen molar-refractivity contribution in [3.63, 3.8) is 0 Å². The first-order valence-electron chi connectivity index (χ1n) is 5.61. The molecule has 0 bridgehead atoms. The minimum Gasteiger partial charge on any atom is -0.399 e. The average molecular weight is 229 g/mol. The van der Waals surface area contributed by atoms with Gasteiger partial charge in [0, 0.05) is 11.3 Å². The van der Waals surface area contributed by atoms with Crippen LogP contribution in [0.15, 0.2) is 30.3 Å². The summed E-state index contributed by atoms with van der Waals surface area (Å²) in [5, 5.41) is 0. The summed E-state index contributed by atoms with van der Waals surface area (Å²) in [4.78, 5) is 0. The van der Waals surface area contributed by atoms with Crippen LogP contribution in [0.25, 0.3) is 11.1 Å². The lowest BCUT2D eigenvalue weighted by Gasteiger charge is -2.10. The molecular formula is C15H16FN. The summed E-state index contributed by atoms with van der Waals surface area (Å²) in [6, 6.07) is 9.19. The molecule has 0 aliphatic heterocycles. The van der Waals surface area contributed by atoms with Crippen molar-refractivity contribution in [3.8, 4) is 11.1 Å². The van der Waals surface area contributed by atoms with Gasteiger partial charge in [-0.2, -0.15) is 0 Å². The Kier molecular flexibility index (Phi) is 2.88. The van der Waals surface area contributed by atoms with Crippen molar-refractivity contribution >= 4 is 5.69 Å². The number of nitrogen functional groups attached to an aromatic ring is 1. The molecule has 0 amide bonds. The molecule has 0 aliphatic carbocycles. The summed E-state index contributed by atoms with van der Waals surface area (Å²) in [5.74, 6) is -0.187. The van der Waals surface area contributed by atoms with Gasteiger partial charge in [-0.15, -0.1) is 0 Å². The number of hydrogen-bond donors (Lipinski definition) is 1. The Labute approximate surface area is 101 Å². The normalized spacial score (nSPS) is 10.6. The van der Waals surface area contributed by atoms with Gasteiger partial charge in [0.25, 0.3) is 0 Å². The topological polar surface area (TPSA) is 26.0 Å². The molecule has 0 spiro atoms. The minimum absolute atomic E-state index is 0.187. The maximum Gasteiger partial charge on any atom is 0.131 e. The van der Waals surface area contributed by atoms with Gasteiger partial charge in [-0.05, 0) is 61.2 Å². The van der Waals surface area contributed by atoms with Crippen LogP contribution < -0.4 is 5.73 Å². The van der Waals surface area contributed by atoms with E-state index in [1.54, 1.807) is 6.07 Å². The van der Waals surface area contributed by atoms with Crippen LogP contribution in [0.3, 0.4) is 0 Å². The van der Waals surface area contributed by atoms with Crippen molar-refractivity contribution in [3.05, 3.63) is 52.8 Å². The van der Waals surface area contributed by atoms with Gasteiger partial charge in [0.15, 0.2) is 0 Å². The van der Waals surface area contributed by atoms with Gasteiger partial charge in [0.1, 0.15) is 5.82 Å². The third-order valence-corrected chi connectivity index (χ3v) is 2.82. The van der Waals surface area contributed by atoms with Crippen LogP contribution in [-0.2, 0) is 0 Å². The molecular weight excluding hydrogens is 213 g/mol. The quantitative estimate of drug-likeness (QED) is 0.735. The predicted molar refractivity (Wildman–Crippen MR) is 70.5 cm³/mol. The Morgan fingerprint density at radius 3 is 2.12 bits per heavy atom. The molecule has 2 rings (SSSR count). The van der Waals surface area contributed by atoms with E-state index in [1.165, 1.54) is 0 Å². The standard InChI is InChI=1S/C15H16FN/c1-9-4-11(3)15(14(16)7-9)12-5-10(2)6-13(17)8-12/h4-8H,17H2,1-3H3. The van der Waals surface area contributed by atoms with E-state index < -0.39 is 0 Å². The van der Waals surface area contributed by atoms with E-state index in [9.17, 15) is 4.39 Å². The highest BCUT2D eigenvalue weighted by Crippen LogP contribution is 2.29. The number of anilines is 1. The Balaban J connectivity index is 2.68. The van der Waals surface area contributed by atoms with Crippen LogP contribution in [0.4, 0.5) is 10.1 Å². The van der Waals surface area contributed by atoms with Gasteiger partial charge in [-0.25, -0.2) is 4.39 Å². The van der Waals surface area contributed by atoms with Crippen molar-refractivity contribution in [2.24, 2.45) is 0 Å². The first-order chi connectivity index (χ1) is 7.97. The van der Waals surface area contributed by atoms with Crippen molar-refractivity contribution in [1.29, 1.82) is 0 Å². The number of benzene rings is 2. The van der Waals surface area contributed by atoms with Crippen molar-refractivity contribution in [1.82, 2.24) is 0 Å². The molecule has 0 saturated carbocycles. The lowest BCUT2D eigenvalue weighted by Crippen LogP contribution is -1.93. The first-order valence-corrected chi connectivity index (χ1v) is 5.61. The molecule has 0 atom stereocenters. The summed E-state index contributed by atoms with van der Waals surface area (Å²) in [6.45, 7) is 5.77. The second-order valence-electron chi connectivity index (χ2n) is 4.57. The summed E-state index contributed by atoms with van der Waals surface area (Å²) >= 11 is 0. The first kappa shape index (κ1) is 11.6. The van der Waals surface area contributed by atoms with Crippen LogP contribution in [0.1, 0.15) is 16.7 Å². The molecule has 0 saturated heterocycles. The van der Waals surface area contributed by atoms with Crippen LogP contribution in [0.2, 0.25) is 0 Å². The molecule has 0 unspecified atom stereocenters. The molecule has 17 heavy (non-hydrogen) atoms.